The number of aliphatic hydroxyl groups excluding tert-OH is 1. The van der Waals surface area contributed by atoms with Crippen LogP contribution in [0.3, 0.4) is 0 Å². The van der Waals surface area contributed by atoms with Crippen molar-refractivity contribution < 1.29 is 33.4 Å². The maximum atomic E-state index is 14.4. The van der Waals surface area contributed by atoms with Crippen molar-refractivity contribution in [3.8, 4) is 0 Å². The normalized spacial score (nSPS) is 26.1. The number of ether oxygens (including phenoxy) is 3. The lowest BCUT2D eigenvalue weighted by Crippen LogP contribution is -2.60. The van der Waals surface area contributed by atoms with Gasteiger partial charge >= 0.3 is 11.9 Å². The van der Waals surface area contributed by atoms with Crippen LogP contribution in [0.5, 0.6) is 0 Å². The summed E-state index contributed by atoms with van der Waals surface area (Å²) in [5.41, 5.74) is 5.26. The quantitative estimate of drug-likeness (QED) is 0.287. The van der Waals surface area contributed by atoms with E-state index < -0.39 is 36.0 Å². The van der Waals surface area contributed by atoms with Crippen molar-refractivity contribution in [2.75, 3.05) is 13.1 Å². The Morgan fingerprint density at radius 2 is 1.44 bits per heavy atom. The number of benzene rings is 2. The highest BCUT2D eigenvalue weighted by atomic mass is 16.7. The maximum absolute atomic E-state index is 14.4. The monoisotopic (exact) mass is 537 g/mol. The van der Waals surface area contributed by atoms with Crippen LogP contribution in [0, 0.1) is 0 Å². The third-order valence-corrected chi connectivity index (χ3v) is 9.09. The number of carbonyl (C=O) groups excluding carboxylic acids is 2. The molecular formula is C31H41N2O6+. The summed E-state index contributed by atoms with van der Waals surface area (Å²) in [6.07, 6.45) is 4.21. The van der Waals surface area contributed by atoms with E-state index in [1.807, 2.05) is 60.7 Å². The van der Waals surface area contributed by atoms with E-state index in [9.17, 15) is 14.7 Å². The fourth-order valence-corrected chi connectivity index (χ4v) is 7.19. The second kappa shape index (κ2) is 11.4. The van der Waals surface area contributed by atoms with Crippen LogP contribution in [0.1, 0.15) is 63.5 Å². The lowest BCUT2D eigenvalue weighted by Gasteiger charge is -2.47. The number of aliphatic hydroxyl groups is 1. The van der Waals surface area contributed by atoms with Gasteiger partial charge in [-0.1, -0.05) is 60.7 Å². The van der Waals surface area contributed by atoms with Crippen molar-refractivity contribution in [1.82, 2.24) is 0 Å². The van der Waals surface area contributed by atoms with Gasteiger partial charge in [0.15, 0.2) is 0 Å². The highest BCUT2D eigenvalue weighted by Crippen LogP contribution is 2.47. The summed E-state index contributed by atoms with van der Waals surface area (Å²) in [5.74, 6) is -1.34. The van der Waals surface area contributed by atoms with Crippen molar-refractivity contribution in [2.45, 2.75) is 94.6 Å². The second-order valence-corrected chi connectivity index (χ2v) is 11.4. The highest BCUT2D eigenvalue weighted by molar-refractivity contribution is 5.86. The predicted octanol–water partition coefficient (Wildman–Crippen LogP) is 3.39. The minimum absolute atomic E-state index is 0.198. The Labute approximate surface area is 230 Å². The second-order valence-electron chi connectivity index (χ2n) is 11.4. The number of esters is 2. The van der Waals surface area contributed by atoms with E-state index in [1.54, 1.807) is 6.92 Å². The van der Waals surface area contributed by atoms with Gasteiger partial charge in [-0.05, 0) is 25.0 Å². The van der Waals surface area contributed by atoms with Crippen molar-refractivity contribution in [3.05, 3.63) is 71.8 Å². The Morgan fingerprint density at radius 3 is 1.92 bits per heavy atom. The van der Waals surface area contributed by atoms with Crippen LogP contribution in [0.15, 0.2) is 60.7 Å². The summed E-state index contributed by atoms with van der Waals surface area (Å²) >= 11 is 0. The van der Waals surface area contributed by atoms with Gasteiger partial charge in [-0.2, -0.15) is 0 Å². The fourth-order valence-electron chi connectivity index (χ4n) is 7.19. The lowest BCUT2D eigenvalue weighted by atomic mass is 9.85. The molecule has 3 saturated heterocycles. The Morgan fingerprint density at radius 1 is 0.923 bits per heavy atom. The van der Waals surface area contributed by atoms with Crippen LogP contribution in [-0.4, -0.2) is 71.2 Å². The summed E-state index contributed by atoms with van der Waals surface area (Å²) in [7, 11) is 0. The summed E-state index contributed by atoms with van der Waals surface area (Å²) in [4.78, 5) is 26.9. The van der Waals surface area contributed by atoms with E-state index in [1.165, 1.54) is 50.2 Å². The van der Waals surface area contributed by atoms with Crippen LogP contribution in [0.2, 0.25) is 0 Å². The first-order valence-electron chi connectivity index (χ1n) is 14.3. The zero-order valence-electron chi connectivity index (χ0n) is 22.9. The van der Waals surface area contributed by atoms with Crippen LogP contribution < -0.4 is 5.73 Å². The molecule has 0 amide bonds. The summed E-state index contributed by atoms with van der Waals surface area (Å²) in [6, 6.07) is 18.2. The topological polar surface area (TPSA) is 108 Å². The molecule has 0 saturated carbocycles. The van der Waals surface area contributed by atoms with Gasteiger partial charge in [0.1, 0.15) is 12.1 Å². The number of hydrogen-bond acceptors (Lipinski definition) is 7. The molecule has 3 fully saturated rings. The van der Waals surface area contributed by atoms with Gasteiger partial charge in [-0.25, -0.2) is 4.79 Å². The van der Waals surface area contributed by atoms with Crippen molar-refractivity contribution in [2.24, 2.45) is 5.73 Å². The molecule has 3 N–H and O–H groups in total. The third kappa shape index (κ3) is 5.23. The smallest absolute Gasteiger partial charge is 0.348 e. The highest BCUT2D eigenvalue weighted by Gasteiger charge is 2.57. The number of nitrogens with two attached hydrogens (primary N) is 1. The molecule has 5 rings (SSSR count). The minimum atomic E-state index is -1.67. The molecule has 8 nitrogen and oxygen atoms in total. The molecule has 0 radical (unpaired) electrons. The van der Waals surface area contributed by atoms with Crippen molar-refractivity contribution in [1.29, 1.82) is 0 Å². The first kappa shape index (κ1) is 27.8. The molecule has 0 aromatic heterocycles. The van der Waals surface area contributed by atoms with Crippen LogP contribution in [0.25, 0.3) is 0 Å². The SMILES string of the molecule is C[C@@H](OC(=O)[C@@H](N)[C@@H](C)O)OC(C(=O)OC1CC2CCC(C1)[N+]21CCCC1)(c1ccccc1)c1ccccc1. The number of piperidine rings is 1. The molecule has 1 spiro atoms. The summed E-state index contributed by atoms with van der Waals surface area (Å²) in [5, 5.41) is 9.75. The number of hydrogen-bond donors (Lipinski definition) is 2. The Hall–Kier alpha value is -2.78. The van der Waals surface area contributed by atoms with E-state index in [2.05, 4.69) is 0 Å². The predicted molar refractivity (Wildman–Crippen MR) is 145 cm³/mol. The molecule has 3 aliphatic heterocycles. The average molecular weight is 538 g/mol. The first-order chi connectivity index (χ1) is 18.8. The molecule has 3 aliphatic rings. The van der Waals surface area contributed by atoms with Gasteiger partial charge in [0.2, 0.25) is 11.9 Å². The molecule has 2 bridgehead atoms. The number of rotatable bonds is 9. The van der Waals surface area contributed by atoms with Gasteiger partial charge < -0.3 is 29.5 Å². The average Bonchev–Trinajstić information content (AvgIpc) is 3.48. The summed E-state index contributed by atoms with van der Waals surface area (Å²) in [6.45, 7) is 5.45. The molecule has 3 heterocycles. The summed E-state index contributed by atoms with van der Waals surface area (Å²) < 4.78 is 19.5. The van der Waals surface area contributed by atoms with Gasteiger partial charge in [-0.15, -0.1) is 0 Å². The molecule has 210 valence electrons. The van der Waals surface area contributed by atoms with Crippen LogP contribution >= 0.6 is 0 Å². The van der Waals surface area contributed by atoms with Crippen LogP contribution in [0.4, 0.5) is 0 Å². The zero-order valence-corrected chi connectivity index (χ0v) is 22.9. The molecule has 2 aromatic rings. The Bertz CT molecular complexity index is 1080. The van der Waals surface area contributed by atoms with Crippen molar-refractivity contribution in [3.63, 3.8) is 0 Å². The molecule has 0 aliphatic carbocycles. The molecule has 39 heavy (non-hydrogen) atoms. The lowest BCUT2D eigenvalue weighted by molar-refractivity contribution is -0.956. The van der Waals surface area contributed by atoms with Gasteiger partial charge in [0, 0.05) is 38.5 Å². The number of nitrogens with zero attached hydrogens (tertiary/aromatic N) is 1. The van der Waals surface area contributed by atoms with E-state index >= 15 is 0 Å². The zero-order chi connectivity index (χ0) is 27.6. The third-order valence-electron chi connectivity index (χ3n) is 9.09. The maximum Gasteiger partial charge on any atom is 0.348 e. The molecule has 8 heteroatoms. The minimum Gasteiger partial charge on any atom is -0.459 e. The van der Waals surface area contributed by atoms with E-state index in [4.69, 9.17) is 19.9 Å². The van der Waals surface area contributed by atoms with E-state index in [0.29, 0.717) is 23.2 Å². The molecule has 2 unspecified atom stereocenters. The van der Waals surface area contributed by atoms with Gasteiger partial charge in [0.05, 0.1) is 31.3 Å². The molecular weight excluding hydrogens is 496 g/mol. The first-order valence-corrected chi connectivity index (χ1v) is 14.3. The van der Waals surface area contributed by atoms with E-state index in [-0.39, 0.29) is 6.10 Å². The van der Waals surface area contributed by atoms with Crippen LogP contribution in [-0.2, 0) is 29.4 Å². The Kier molecular flexibility index (Phi) is 8.10. The largest absolute Gasteiger partial charge is 0.459 e. The number of quaternary nitrogens is 1. The number of carbonyl (C=O) groups is 2. The van der Waals surface area contributed by atoms with Crippen molar-refractivity contribution >= 4 is 11.9 Å². The molecule has 2 aromatic carbocycles. The fraction of sp³-hybridized carbons (Fsp3) is 0.548. The van der Waals surface area contributed by atoms with Gasteiger partial charge in [-0.3, -0.25) is 4.79 Å². The van der Waals surface area contributed by atoms with Gasteiger partial charge in [0.25, 0.3) is 0 Å². The Balaban J connectivity index is 1.45. The standard InChI is InChI=1S/C31H41N2O6/c1-21(34)28(32)29(35)37-22(2)39-31(23-11-5-3-6-12-23,24-13-7-4-8-14-24)30(36)38-27-19-25-15-16-26(20-27)33(25)17-9-10-18-33/h3-8,11-14,21-22,25-28,34H,9-10,15-20,32H2,1-2H3/q+1/t21-,22+,25?,26?,27?,28+/m1/s1. The van der Waals surface area contributed by atoms with E-state index in [0.717, 1.165) is 12.8 Å². The molecule has 5 atom stereocenters.